The summed E-state index contributed by atoms with van der Waals surface area (Å²) in [4.78, 5) is 28.2. The summed E-state index contributed by atoms with van der Waals surface area (Å²) in [6.07, 6.45) is 2.86. The van der Waals surface area contributed by atoms with E-state index in [-0.39, 0.29) is 11.6 Å². The molecule has 0 saturated carbocycles. The van der Waals surface area contributed by atoms with Crippen LogP contribution in [0.3, 0.4) is 0 Å². The van der Waals surface area contributed by atoms with Gasteiger partial charge in [0.25, 0.3) is 5.69 Å². The standard InChI is InChI=1S/C29H23N3O5/c1-17-15-18(2)28-24(16-17)31-29(37-28)21-8-6-9-23(19(21)3)30-27(33)14-12-20-11-13-26(36-20)22-7-4-5-10-25(22)32(34)35/h4-16H,1-3H3,(H,30,33)/b14-12+. The van der Waals surface area contributed by atoms with E-state index in [1.54, 1.807) is 30.3 Å². The highest BCUT2D eigenvalue weighted by Crippen LogP contribution is 2.33. The number of amides is 1. The van der Waals surface area contributed by atoms with Gasteiger partial charge < -0.3 is 14.2 Å². The molecule has 0 radical (unpaired) electrons. The topological polar surface area (TPSA) is 111 Å². The second-order valence-electron chi connectivity index (χ2n) is 8.73. The summed E-state index contributed by atoms with van der Waals surface area (Å²) in [7, 11) is 0. The lowest BCUT2D eigenvalue weighted by Gasteiger charge is -2.09. The quantitative estimate of drug-likeness (QED) is 0.152. The summed E-state index contributed by atoms with van der Waals surface area (Å²) in [5.74, 6) is 0.879. The smallest absolute Gasteiger partial charge is 0.280 e. The number of nitro groups is 1. The molecule has 5 aromatic rings. The van der Waals surface area contributed by atoms with Crippen LogP contribution in [0.1, 0.15) is 22.5 Å². The summed E-state index contributed by atoms with van der Waals surface area (Å²) in [6, 6.07) is 19.2. The molecule has 0 unspecified atom stereocenters. The monoisotopic (exact) mass is 493 g/mol. The van der Waals surface area contributed by atoms with Crippen LogP contribution in [0.2, 0.25) is 0 Å². The van der Waals surface area contributed by atoms with Crippen molar-refractivity contribution in [2.24, 2.45) is 0 Å². The van der Waals surface area contributed by atoms with E-state index in [1.807, 2.05) is 45.0 Å². The van der Waals surface area contributed by atoms with Gasteiger partial charge in [0, 0.05) is 23.4 Å². The van der Waals surface area contributed by atoms with Gasteiger partial charge in [-0.2, -0.15) is 0 Å². The highest BCUT2D eigenvalue weighted by Gasteiger charge is 2.17. The number of aryl methyl sites for hydroxylation is 2. The molecule has 184 valence electrons. The van der Waals surface area contributed by atoms with E-state index < -0.39 is 4.92 Å². The van der Waals surface area contributed by atoms with Gasteiger partial charge in [0.1, 0.15) is 17.0 Å². The molecule has 1 N–H and O–H groups in total. The molecule has 1 amide bonds. The van der Waals surface area contributed by atoms with Gasteiger partial charge in [0.15, 0.2) is 5.58 Å². The van der Waals surface area contributed by atoms with E-state index in [4.69, 9.17) is 8.83 Å². The van der Waals surface area contributed by atoms with Crippen LogP contribution in [-0.4, -0.2) is 15.8 Å². The van der Waals surface area contributed by atoms with Crippen LogP contribution in [0.5, 0.6) is 0 Å². The Hall–Kier alpha value is -4.98. The molecule has 0 atom stereocenters. The van der Waals surface area contributed by atoms with Crippen molar-refractivity contribution in [2.75, 3.05) is 5.32 Å². The first-order chi connectivity index (χ1) is 17.8. The lowest BCUT2D eigenvalue weighted by molar-refractivity contribution is -0.384. The average molecular weight is 494 g/mol. The van der Waals surface area contributed by atoms with Crippen LogP contribution in [0.4, 0.5) is 11.4 Å². The van der Waals surface area contributed by atoms with Crippen molar-refractivity contribution in [3.8, 4) is 22.8 Å². The Morgan fingerprint density at radius 2 is 1.76 bits per heavy atom. The molecule has 0 aliphatic carbocycles. The summed E-state index contributed by atoms with van der Waals surface area (Å²) in [5, 5.41) is 14.2. The Morgan fingerprint density at radius 3 is 2.57 bits per heavy atom. The Morgan fingerprint density at radius 1 is 0.973 bits per heavy atom. The third-order valence-corrected chi connectivity index (χ3v) is 6.03. The number of nitrogens with one attached hydrogen (secondary N) is 1. The number of anilines is 1. The number of benzene rings is 3. The molecule has 0 spiro atoms. The molecule has 0 aliphatic rings. The van der Waals surface area contributed by atoms with Gasteiger partial charge in [-0.05, 0) is 79.9 Å². The number of para-hydroxylation sites is 1. The maximum Gasteiger partial charge on any atom is 0.280 e. The number of rotatable bonds is 6. The number of hydrogen-bond acceptors (Lipinski definition) is 6. The van der Waals surface area contributed by atoms with E-state index in [9.17, 15) is 14.9 Å². The Labute approximate surface area is 212 Å². The van der Waals surface area contributed by atoms with Crippen molar-refractivity contribution in [3.63, 3.8) is 0 Å². The first-order valence-corrected chi connectivity index (χ1v) is 11.6. The maximum atomic E-state index is 12.7. The predicted octanol–water partition coefficient (Wildman–Crippen LogP) is 7.24. The summed E-state index contributed by atoms with van der Waals surface area (Å²) >= 11 is 0. The maximum absolute atomic E-state index is 12.7. The van der Waals surface area contributed by atoms with E-state index >= 15 is 0 Å². The lowest BCUT2D eigenvalue weighted by atomic mass is 10.1. The van der Waals surface area contributed by atoms with Gasteiger partial charge in [0.2, 0.25) is 11.8 Å². The molecule has 3 aromatic carbocycles. The van der Waals surface area contributed by atoms with Gasteiger partial charge in [0.05, 0.1) is 10.5 Å². The molecule has 37 heavy (non-hydrogen) atoms. The number of fused-ring (bicyclic) bond motifs is 1. The fourth-order valence-electron chi connectivity index (χ4n) is 4.26. The van der Waals surface area contributed by atoms with Crippen molar-refractivity contribution in [3.05, 3.63) is 105 Å². The molecular weight excluding hydrogens is 470 g/mol. The van der Waals surface area contributed by atoms with Crippen LogP contribution in [-0.2, 0) is 4.79 Å². The molecule has 0 aliphatic heterocycles. The largest absolute Gasteiger partial charge is 0.456 e. The highest BCUT2D eigenvalue weighted by molar-refractivity contribution is 6.02. The summed E-state index contributed by atoms with van der Waals surface area (Å²) < 4.78 is 11.8. The minimum Gasteiger partial charge on any atom is -0.456 e. The average Bonchev–Trinajstić information content (AvgIpc) is 3.51. The predicted molar refractivity (Wildman–Crippen MR) is 142 cm³/mol. The van der Waals surface area contributed by atoms with Crippen molar-refractivity contribution < 1.29 is 18.6 Å². The first-order valence-electron chi connectivity index (χ1n) is 11.6. The lowest BCUT2D eigenvalue weighted by Crippen LogP contribution is -2.09. The number of nitro benzene ring substituents is 1. The third-order valence-electron chi connectivity index (χ3n) is 6.03. The summed E-state index contributed by atoms with van der Waals surface area (Å²) in [6.45, 7) is 5.90. The normalized spacial score (nSPS) is 11.3. The minimum atomic E-state index is -0.458. The number of nitrogens with zero attached hydrogens (tertiary/aromatic N) is 2. The van der Waals surface area contributed by atoms with Gasteiger partial charge >= 0.3 is 0 Å². The van der Waals surface area contributed by atoms with Crippen LogP contribution < -0.4 is 5.32 Å². The third kappa shape index (κ3) is 4.77. The SMILES string of the molecule is Cc1cc(C)c2oc(-c3cccc(NC(=O)/C=C/c4ccc(-c5ccccc5[N+](=O)[O-])o4)c3C)nc2c1. The van der Waals surface area contributed by atoms with E-state index in [0.29, 0.717) is 28.7 Å². The van der Waals surface area contributed by atoms with E-state index in [0.717, 1.165) is 33.4 Å². The molecule has 2 heterocycles. The molecule has 8 heteroatoms. The van der Waals surface area contributed by atoms with Crippen molar-refractivity contribution >= 4 is 34.5 Å². The number of aromatic nitrogens is 1. The Kier molecular flexibility index (Phi) is 6.15. The van der Waals surface area contributed by atoms with Crippen molar-refractivity contribution in [1.29, 1.82) is 0 Å². The molecule has 0 saturated heterocycles. The van der Waals surface area contributed by atoms with Gasteiger partial charge in [-0.25, -0.2) is 4.98 Å². The van der Waals surface area contributed by atoms with E-state index in [1.165, 1.54) is 18.2 Å². The fourth-order valence-corrected chi connectivity index (χ4v) is 4.26. The van der Waals surface area contributed by atoms with E-state index in [2.05, 4.69) is 16.4 Å². The number of carbonyl (C=O) groups excluding carboxylic acids is 1. The minimum absolute atomic E-state index is 0.0512. The van der Waals surface area contributed by atoms with Crippen molar-refractivity contribution in [1.82, 2.24) is 4.98 Å². The fraction of sp³-hybridized carbons (Fsp3) is 0.103. The summed E-state index contributed by atoms with van der Waals surface area (Å²) in [5.41, 5.74) is 6.22. The van der Waals surface area contributed by atoms with Crippen LogP contribution in [0.15, 0.2) is 81.6 Å². The van der Waals surface area contributed by atoms with Gasteiger partial charge in [-0.1, -0.05) is 24.3 Å². The molecule has 8 nitrogen and oxygen atoms in total. The van der Waals surface area contributed by atoms with Crippen molar-refractivity contribution in [2.45, 2.75) is 20.8 Å². The van der Waals surface area contributed by atoms with Gasteiger partial charge in [-0.15, -0.1) is 0 Å². The zero-order valence-corrected chi connectivity index (χ0v) is 20.4. The molecule has 0 fully saturated rings. The Bertz CT molecular complexity index is 1690. The highest BCUT2D eigenvalue weighted by atomic mass is 16.6. The molecule has 2 aromatic heterocycles. The Balaban J connectivity index is 1.34. The van der Waals surface area contributed by atoms with Gasteiger partial charge in [-0.3, -0.25) is 14.9 Å². The van der Waals surface area contributed by atoms with Crippen LogP contribution in [0, 0.1) is 30.9 Å². The molecule has 5 rings (SSSR count). The number of furan rings is 1. The second kappa shape index (κ2) is 9.58. The number of hydrogen-bond donors (Lipinski definition) is 1. The zero-order chi connectivity index (χ0) is 26.1. The zero-order valence-electron chi connectivity index (χ0n) is 20.4. The number of oxazole rings is 1. The van der Waals surface area contributed by atoms with Crippen LogP contribution in [0.25, 0.3) is 40.0 Å². The molecular formula is C29H23N3O5. The first kappa shape index (κ1) is 23.7. The second-order valence-corrected chi connectivity index (χ2v) is 8.73. The molecule has 0 bridgehead atoms. The van der Waals surface area contributed by atoms with Crippen LogP contribution >= 0.6 is 0 Å². The number of carbonyl (C=O) groups is 1.